The molecule has 0 aliphatic carbocycles. The second-order valence-electron chi connectivity index (χ2n) is 2.76. The van der Waals surface area contributed by atoms with Gasteiger partial charge in [0, 0.05) is 0 Å². The van der Waals surface area contributed by atoms with Crippen molar-refractivity contribution in [3.63, 3.8) is 0 Å². The van der Waals surface area contributed by atoms with E-state index in [1.807, 2.05) is 0 Å². The van der Waals surface area contributed by atoms with Crippen molar-refractivity contribution in [3.05, 3.63) is 23.5 Å². The van der Waals surface area contributed by atoms with Crippen molar-refractivity contribution in [1.29, 1.82) is 0 Å². The molecule has 0 fully saturated rings. The molecule has 0 saturated heterocycles. The Kier molecular flexibility index (Phi) is 3.35. The molecule has 15 heavy (non-hydrogen) atoms. The van der Waals surface area contributed by atoms with Crippen LogP contribution in [0.4, 0.5) is 0 Å². The van der Waals surface area contributed by atoms with Crippen molar-refractivity contribution in [3.8, 4) is 5.75 Å². The number of carbonyl (C=O) groups excluding carboxylic acids is 1. The number of nitrogens with zero attached hydrogens (tertiary/aromatic N) is 1. The maximum Gasteiger partial charge on any atom is 0.326 e. The van der Waals surface area contributed by atoms with Gasteiger partial charge >= 0.3 is 5.97 Å². The monoisotopic (exact) mass is 210 g/mol. The molecule has 0 aliphatic heterocycles. The van der Waals surface area contributed by atoms with E-state index >= 15 is 0 Å². The molecule has 3 N–H and O–H groups in total. The van der Waals surface area contributed by atoms with E-state index in [1.54, 1.807) is 0 Å². The Balaban J connectivity index is 3.22. The number of aldehydes is 1. The standard InChI is InChI=1S/C9H10N2O4/c1-15-6-3-2-5(4-12)11-8(6)7(10)9(13)14/h2-4,7H,10H2,1H3,(H,13,14)/t7-/m1/s1. The zero-order chi connectivity index (χ0) is 11.4. The maximum atomic E-state index is 10.7. The molecule has 0 unspecified atom stereocenters. The van der Waals surface area contributed by atoms with E-state index < -0.39 is 12.0 Å². The van der Waals surface area contributed by atoms with Crippen LogP contribution in [-0.2, 0) is 4.79 Å². The molecule has 0 spiro atoms. The molecule has 0 aliphatic rings. The third kappa shape index (κ3) is 2.29. The Bertz CT molecular complexity index is 392. The average molecular weight is 210 g/mol. The molecule has 0 amide bonds. The molecule has 0 bridgehead atoms. The number of carbonyl (C=O) groups is 2. The van der Waals surface area contributed by atoms with Crippen LogP contribution in [0.25, 0.3) is 0 Å². The molecule has 1 atom stereocenters. The van der Waals surface area contributed by atoms with Gasteiger partial charge in [0.1, 0.15) is 23.2 Å². The highest BCUT2D eigenvalue weighted by molar-refractivity contribution is 5.77. The number of rotatable bonds is 4. The maximum absolute atomic E-state index is 10.7. The van der Waals surface area contributed by atoms with Crippen LogP contribution in [0.1, 0.15) is 22.2 Å². The zero-order valence-electron chi connectivity index (χ0n) is 8.01. The summed E-state index contributed by atoms with van der Waals surface area (Å²) in [5, 5.41) is 8.71. The van der Waals surface area contributed by atoms with E-state index in [-0.39, 0.29) is 17.1 Å². The minimum Gasteiger partial charge on any atom is -0.495 e. The first-order chi connectivity index (χ1) is 7.10. The zero-order valence-corrected chi connectivity index (χ0v) is 8.01. The van der Waals surface area contributed by atoms with Crippen molar-refractivity contribution in [2.75, 3.05) is 7.11 Å². The van der Waals surface area contributed by atoms with Gasteiger partial charge in [0.25, 0.3) is 0 Å². The van der Waals surface area contributed by atoms with Gasteiger partial charge in [0.05, 0.1) is 7.11 Å². The summed E-state index contributed by atoms with van der Waals surface area (Å²) in [6.07, 6.45) is 0.511. The predicted molar refractivity (Wildman–Crippen MR) is 50.7 cm³/mol. The SMILES string of the molecule is COc1ccc(C=O)nc1[C@@H](N)C(=O)O. The third-order valence-corrected chi connectivity index (χ3v) is 1.81. The van der Waals surface area contributed by atoms with Crippen molar-refractivity contribution >= 4 is 12.3 Å². The average Bonchev–Trinajstić information content (AvgIpc) is 2.27. The van der Waals surface area contributed by atoms with Gasteiger partial charge in [0.15, 0.2) is 6.29 Å². The summed E-state index contributed by atoms with van der Waals surface area (Å²) in [5.74, 6) is -0.987. The minimum absolute atomic E-state index is 0.0367. The van der Waals surface area contributed by atoms with Gasteiger partial charge in [-0.1, -0.05) is 0 Å². The number of methoxy groups -OCH3 is 1. The molecule has 0 saturated carbocycles. The van der Waals surface area contributed by atoms with Crippen molar-refractivity contribution in [1.82, 2.24) is 4.98 Å². The smallest absolute Gasteiger partial charge is 0.326 e. The van der Waals surface area contributed by atoms with Crippen LogP contribution < -0.4 is 10.5 Å². The fourth-order valence-corrected chi connectivity index (χ4v) is 1.06. The highest BCUT2D eigenvalue weighted by Gasteiger charge is 2.20. The molecule has 1 rings (SSSR count). The van der Waals surface area contributed by atoms with E-state index in [0.717, 1.165) is 0 Å². The molecule has 6 nitrogen and oxygen atoms in total. The van der Waals surface area contributed by atoms with E-state index in [9.17, 15) is 9.59 Å². The number of pyridine rings is 1. The van der Waals surface area contributed by atoms with Crippen LogP contribution in [0.2, 0.25) is 0 Å². The summed E-state index contributed by atoms with van der Waals surface area (Å²) in [6.45, 7) is 0. The Labute approximate surface area is 85.7 Å². The molecule has 1 aromatic heterocycles. The number of ether oxygens (including phenoxy) is 1. The van der Waals surface area contributed by atoms with Gasteiger partial charge in [0.2, 0.25) is 0 Å². The number of hydrogen-bond donors (Lipinski definition) is 2. The minimum atomic E-state index is -1.31. The van der Waals surface area contributed by atoms with Gasteiger partial charge in [-0.2, -0.15) is 0 Å². The van der Waals surface area contributed by atoms with E-state index in [2.05, 4.69) is 4.98 Å². The van der Waals surface area contributed by atoms with Gasteiger partial charge in [-0.15, -0.1) is 0 Å². The fraction of sp³-hybridized carbons (Fsp3) is 0.222. The topological polar surface area (TPSA) is 103 Å². The van der Waals surface area contributed by atoms with Crippen LogP contribution in [0.5, 0.6) is 5.75 Å². The summed E-state index contributed by atoms with van der Waals surface area (Å²) in [6, 6.07) is 1.57. The summed E-state index contributed by atoms with van der Waals surface area (Å²) in [4.78, 5) is 24.9. The lowest BCUT2D eigenvalue weighted by molar-refractivity contribution is -0.138. The van der Waals surface area contributed by atoms with Crippen LogP contribution in [0.15, 0.2) is 12.1 Å². The lowest BCUT2D eigenvalue weighted by Gasteiger charge is -2.10. The third-order valence-electron chi connectivity index (χ3n) is 1.81. The molecule has 1 heterocycles. The Morgan fingerprint density at radius 3 is 2.80 bits per heavy atom. The molecular weight excluding hydrogens is 200 g/mol. The highest BCUT2D eigenvalue weighted by Crippen LogP contribution is 2.21. The first kappa shape index (κ1) is 11.1. The summed E-state index contributed by atoms with van der Waals surface area (Å²) in [7, 11) is 1.37. The van der Waals surface area contributed by atoms with Gasteiger partial charge in [-0.05, 0) is 12.1 Å². The lowest BCUT2D eigenvalue weighted by atomic mass is 10.1. The van der Waals surface area contributed by atoms with Gasteiger partial charge in [-0.25, -0.2) is 4.98 Å². The van der Waals surface area contributed by atoms with Crippen LogP contribution in [-0.4, -0.2) is 29.5 Å². The molecule has 0 aromatic carbocycles. The molecule has 80 valence electrons. The van der Waals surface area contributed by atoms with Gasteiger partial charge in [-0.3, -0.25) is 9.59 Å². The number of carboxylic acid groups (broad SMARTS) is 1. The summed E-state index contributed by atoms with van der Waals surface area (Å²) < 4.78 is 4.89. The second kappa shape index (κ2) is 4.52. The van der Waals surface area contributed by atoms with E-state index in [4.69, 9.17) is 15.6 Å². The largest absolute Gasteiger partial charge is 0.495 e. The number of nitrogens with two attached hydrogens (primary N) is 1. The summed E-state index contributed by atoms with van der Waals surface area (Å²) in [5.41, 5.74) is 5.53. The molecule has 0 radical (unpaired) electrons. The number of aliphatic carboxylic acids is 1. The first-order valence-corrected chi connectivity index (χ1v) is 4.08. The van der Waals surface area contributed by atoms with Crippen molar-refractivity contribution in [2.24, 2.45) is 5.73 Å². The Morgan fingerprint density at radius 1 is 1.67 bits per heavy atom. The Morgan fingerprint density at radius 2 is 2.33 bits per heavy atom. The fourth-order valence-electron chi connectivity index (χ4n) is 1.06. The second-order valence-corrected chi connectivity index (χ2v) is 2.76. The van der Waals surface area contributed by atoms with E-state index in [1.165, 1.54) is 19.2 Å². The van der Waals surface area contributed by atoms with Gasteiger partial charge < -0.3 is 15.6 Å². The predicted octanol–water partition coefficient (Wildman–Crippen LogP) is -0.0129. The van der Waals surface area contributed by atoms with E-state index in [0.29, 0.717) is 6.29 Å². The molecule has 6 heteroatoms. The molecule has 1 aromatic rings. The summed E-state index contributed by atoms with van der Waals surface area (Å²) >= 11 is 0. The number of hydrogen-bond acceptors (Lipinski definition) is 5. The highest BCUT2D eigenvalue weighted by atomic mass is 16.5. The molecular formula is C9H10N2O4. The first-order valence-electron chi connectivity index (χ1n) is 4.08. The van der Waals surface area contributed by atoms with Crippen LogP contribution >= 0.6 is 0 Å². The van der Waals surface area contributed by atoms with Crippen molar-refractivity contribution < 1.29 is 19.4 Å². The van der Waals surface area contributed by atoms with Crippen LogP contribution in [0, 0.1) is 0 Å². The normalized spacial score (nSPS) is 11.9. The lowest BCUT2D eigenvalue weighted by Crippen LogP contribution is -2.23. The van der Waals surface area contributed by atoms with Crippen molar-refractivity contribution in [2.45, 2.75) is 6.04 Å². The Hall–Kier alpha value is -1.95. The van der Waals surface area contributed by atoms with Crippen LogP contribution in [0.3, 0.4) is 0 Å². The quantitative estimate of drug-likeness (QED) is 0.677. The number of carboxylic acids is 1. The number of aromatic nitrogens is 1.